The van der Waals surface area contributed by atoms with Crippen molar-refractivity contribution in [1.82, 2.24) is 0 Å². The van der Waals surface area contributed by atoms with Crippen LogP contribution in [0.5, 0.6) is 0 Å². The van der Waals surface area contributed by atoms with Crippen molar-refractivity contribution < 1.29 is 26.7 Å². The first-order chi connectivity index (χ1) is 11.2. The second-order valence-electron chi connectivity index (χ2n) is 5.86. The highest BCUT2D eigenvalue weighted by Crippen LogP contribution is 2.34. The summed E-state index contributed by atoms with van der Waals surface area (Å²) in [7, 11) is -3.35. The van der Waals surface area contributed by atoms with Crippen molar-refractivity contribution in [1.29, 1.82) is 0 Å². The van der Waals surface area contributed by atoms with Crippen LogP contribution in [0.1, 0.15) is 25.3 Å². The maximum absolute atomic E-state index is 13.4. The number of rotatable bonds is 5. The minimum absolute atomic E-state index is 0.0193. The Labute approximate surface area is 140 Å². The van der Waals surface area contributed by atoms with Gasteiger partial charge in [0.25, 0.3) is 0 Å². The van der Waals surface area contributed by atoms with Crippen LogP contribution in [0.2, 0.25) is 0 Å². The van der Waals surface area contributed by atoms with Gasteiger partial charge in [-0.2, -0.15) is 0 Å². The summed E-state index contributed by atoms with van der Waals surface area (Å²) in [6.45, 7) is 1.83. The topological polar surface area (TPSA) is 60.4 Å². The number of allylic oxidation sites excluding steroid dienone is 1. The number of benzene rings is 1. The molecule has 1 saturated carbocycles. The van der Waals surface area contributed by atoms with Crippen LogP contribution in [0.25, 0.3) is 5.57 Å². The first kappa shape index (κ1) is 18.6. The standard InChI is InChI=1S/C17H20F2O4S/c1-3-23-17(20)14(8-11-9-15(18)16(19)10-11)12-4-6-13(7-5-12)24(2,21)22/h4-8,11,15-16H,3,9-10H2,1-2H3. The molecule has 0 saturated heterocycles. The van der Waals surface area contributed by atoms with E-state index in [-0.39, 0.29) is 29.9 Å². The summed E-state index contributed by atoms with van der Waals surface area (Å²) < 4.78 is 54.8. The average molecular weight is 358 g/mol. The number of carbonyl (C=O) groups excluding carboxylic acids is 1. The highest BCUT2D eigenvalue weighted by molar-refractivity contribution is 7.90. The number of esters is 1. The summed E-state index contributed by atoms with van der Waals surface area (Å²) in [4.78, 5) is 12.3. The summed E-state index contributed by atoms with van der Waals surface area (Å²) in [5.74, 6) is -0.994. The minimum Gasteiger partial charge on any atom is -0.462 e. The fourth-order valence-electron chi connectivity index (χ4n) is 2.71. The molecule has 0 radical (unpaired) electrons. The van der Waals surface area contributed by atoms with Crippen LogP contribution in [0, 0.1) is 5.92 Å². The summed E-state index contributed by atoms with van der Waals surface area (Å²) in [6, 6.07) is 5.77. The molecule has 0 aromatic heterocycles. The Morgan fingerprint density at radius 1 is 1.21 bits per heavy atom. The van der Waals surface area contributed by atoms with Gasteiger partial charge in [0.1, 0.15) is 12.3 Å². The van der Waals surface area contributed by atoms with Crippen LogP contribution < -0.4 is 0 Å². The van der Waals surface area contributed by atoms with Gasteiger partial charge in [0.15, 0.2) is 9.84 Å². The molecule has 2 rings (SSSR count). The van der Waals surface area contributed by atoms with Crippen LogP contribution in [-0.4, -0.2) is 39.6 Å². The SMILES string of the molecule is CCOC(=O)C(=CC1CC(F)C(F)C1)c1ccc(S(C)(=O)=O)cc1. The van der Waals surface area contributed by atoms with Crippen molar-refractivity contribution in [3.8, 4) is 0 Å². The van der Waals surface area contributed by atoms with E-state index in [2.05, 4.69) is 0 Å². The molecule has 132 valence electrons. The first-order valence-electron chi connectivity index (χ1n) is 7.70. The van der Waals surface area contributed by atoms with E-state index >= 15 is 0 Å². The number of sulfone groups is 1. The maximum Gasteiger partial charge on any atom is 0.338 e. The maximum atomic E-state index is 13.4. The lowest BCUT2D eigenvalue weighted by molar-refractivity contribution is -0.136. The van der Waals surface area contributed by atoms with E-state index in [0.717, 1.165) is 6.26 Å². The Kier molecular flexibility index (Phi) is 5.74. The van der Waals surface area contributed by atoms with Crippen molar-refractivity contribution in [2.75, 3.05) is 12.9 Å². The molecule has 2 atom stereocenters. The third-order valence-electron chi connectivity index (χ3n) is 3.94. The summed E-state index contributed by atoms with van der Waals surface area (Å²) in [6.07, 6.45) is -0.397. The lowest BCUT2D eigenvalue weighted by Crippen LogP contribution is -2.09. The summed E-state index contributed by atoms with van der Waals surface area (Å²) >= 11 is 0. The zero-order chi connectivity index (χ0) is 17.9. The smallest absolute Gasteiger partial charge is 0.338 e. The molecule has 1 aliphatic rings. The van der Waals surface area contributed by atoms with Crippen LogP contribution in [0.3, 0.4) is 0 Å². The Morgan fingerprint density at radius 2 is 1.75 bits per heavy atom. The molecule has 0 bridgehead atoms. The first-order valence-corrected chi connectivity index (χ1v) is 9.59. The molecule has 0 heterocycles. The summed E-state index contributed by atoms with van der Waals surface area (Å²) in [5, 5.41) is 0. The monoisotopic (exact) mass is 358 g/mol. The highest BCUT2D eigenvalue weighted by atomic mass is 32.2. The number of halogens is 2. The van der Waals surface area contributed by atoms with E-state index < -0.39 is 34.1 Å². The van der Waals surface area contributed by atoms with Crippen LogP contribution in [-0.2, 0) is 19.4 Å². The molecule has 1 aliphatic carbocycles. The van der Waals surface area contributed by atoms with Gasteiger partial charge in [0.05, 0.1) is 17.1 Å². The molecule has 2 unspecified atom stereocenters. The second-order valence-corrected chi connectivity index (χ2v) is 7.88. The molecule has 0 N–H and O–H groups in total. The molecule has 4 nitrogen and oxygen atoms in total. The van der Waals surface area contributed by atoms with E-state index in [1.54, 1.807) is 6.92 Å². The molecule has 0 spiro atoms. The number of carbonyl (C=O) groups is 1. The van der Waals surface area contributed by atoms with E-state index in [0.29, 0.717) is 5.56 Å². The normalized spacial score (nSPS) is 24.8. The molecule has 1 aromatic rings. The average Bonchev–Trinajstić information content (AvgIpc) is 2.82. The Hall–Kier alpha value is -1.76. The molecular formula is C17H20F2O4S. The van der Waals surface area contributed by atoms with Crippen molar-refractivity contribution in [3.05, 3.63) is 35.9 Å². The zero-order valence-electron chi connectivity index (χ0n) is 13.5. The Balaban J connectivity index is 2.34. The van der Waals surface area contributed by atoms with E-state index in [4.69, 9.17) is 4.74 Å². The van der Waals surface area contributed by atoms with Gasteiger partial charge in [0.2, 0.25) is 0 Å². The predicted molar refractivity (Wildman–Crippen MR) is 86.7 cm³/mol. The van der Waals surface area contributed by atoms with Crippen LogP contribution in [0.15, 0.2) is 35.2 Å². The summed E-state index contributed by atoms with van der Waals surface area (Å²) in [5.41, 5.74) is 0.654. The van der Waals surface area contributed by atoms with Crippen LogP contribution >= 0.6 is 0 Å². The quantitative estimate of drug-likeness (QED) is 0.599. The Bertz CT molecular complexity index is 715. The molecule has 7 heteroatoms. The van der Waals surface area contributed by atoms with Crippen LogP contribution in [0.4, 0.5) is 8.78 Å². The van der Waals surface area contributed by atoms with Gasteiger partial charge in [-0.25, -0.2) is 22.0 Å². The molecule has 0 amide bonds. The molecule has 24 heavy (non-hydrogen) atoms. The van der Waals surface area contributed by atoms with E-state index in [9.17, 15) is 22.0 Å². The van der Waals surface area contributed by atoms with E-state index in [1.165, 1.54) is 30.3 Å². The van der Waals surface area contributed by atoms with Gasteiger partial charge in [-0.15, -0.1) is 0 Å². The third kappa shape index (κ3) is 4.41. The molecule has 0 aliphatic heterocycles. The van der Waals surface area contributed by atoms with Crippen molar-refractivity contribution >= 4 is 21.4 Å². The van der Waals surface area contributed by atoms with Gasteiger partial charge < -0.3 is 4.74 Å². The lowest BCUT2D eigenvalue weighted by atomic mass is 9.98. The second kappa shape index (κ2) is 7.42. The van der Waals surface area contributed by atoms with Gasteiger partial charge in [-0.1, -0.05) is 18.2 Å². The number of ether oxygens (including phenoxy) is 1. The minimum atomic E-state index is -3.35. The third-order valence-corrected chi connectivity index (χ3v) is 5.07. The van der Waals surface area contributed by atoms with E-state index in [1.807, 2.05) is 0 Å². The van der Waals surface area contributed by atoms with Gasteiger partial charge in [-0.05, 0) is 43.4 Å². The van der Waals surface area contributed by atoms with Crippen molar-refractivity contribution in [2.24, 2.45) is 5.92 Å². The van der Waals surface area contributed by atoms with Gasteiger partial charge in [-0.3, -0.25) is 0 Å². The Morgan fingerprint density at radius 3 is 2.21 bits per heavy atom. The number of hydrogen-bond donors (Lipinski definition) is 0. The van der Waals surface area contributed by atoms with Crippen molar-refractivity contribution in [2.45, 2.75) is 37.0 Å². The zero-order valence-corrected chi connectivity index (χ0v) is 14.4. The van der Waals surface area contributed by atoms with Gasteiger partial charge >= 0.3 is 5.97 Å². The molecular weight excluding hydrogens is 338 g/mol. The number of alkyl halides is 2. The largest absolute Gasteiger partial charge is 0.462 e. The predicted octanol–water partition coefficient (Wildman–Crippen LogP) is 3.12. The molecule has 1 fully saturated rings. The molecule has 1 aromatic carbocycles. The fourth-order valence-corrected chi connectivity index (χ4v) is 3.34. The number of hydrogen-bond acceptors (Lipinski definition) is 4. The van der Waals surface area contributed by atoms with Gasteiger partial charge in [0, 0.05) is 6.26 Å². The lowest BCUT2D eigenvalue weighted by Gasteiger charge is -2.11. The highest BCUT2D eigenvalue weighted by Gasteiger charge is 2.34. The fraction of sp³-hybridized carbons (Fsp3) is 0.471. The van der Waals surface area contributed by atoms with Crippen molar-refractivity contribution in [3.63, 3.8) is 0 Å².